The molecule has 182 valence electrons. The van der Waals surface area contributed by atoms with Crippen LogP contribution in [0.4, 0.5) is 0 Å². The van der Waals surface area contributed by atoms with E-state index in [2.05, 4.69) is 27.3 Å². The van der Waals surface area contributed by atoms with Gasteiger partial charge >= 0.3 is 0 Å². The quantitative estimate of drug-likeness (QED) is 0.517. The number of carbonyl (C=O) groups excluding carboxylic acids is 2. The van der Waals surface area contributed by atoms with E-state index in [1.165, 1.54) is 5.56 Å². The van der Waals surface area contributed by atoms with E-state index >= 15 is 0 Å². The molecular formula is C28H32N4O3. The molecule has 2 heterocycles. The monoisotopic (exact) mass is 472 g/mol. The van der Waals surface area contributed by atoms with Gasteiger partial charge in [0.2, 0.25) is 5.91 Å². The molecule has 7 nitrogen and oxygen atoms in total. The number of ether oxygens (including phenoxy) is 1. The number of nitrogens with zero attached hydrogens (tertiary/aromatic N) is 3. The van der Waals surface area contributed by atoms with Gasteiger partial charge in [0.05, 0.1) is 7.11 Å². The van der Waals surface area contributed by atoms with Crippen molar-refractivity contribution in [3.8, 4) is 5.75 Å². The Morgan fingerprint density at radius 2 is 1.63 bits per heavy atom. The predicted octanol–water partition coefficient (Wildman–Crippen LogP) is 3.34. The first-order valence-corrected chi connectivity index (χ1v) is 12.0. The van der Waals surface area contributed by atoms with Gasteiger partial charge in [0.25, 0.3) is 5.91 Å². The summed E-state index contributed by atoms with van der Waals surface area (Å²) in [5.74, 6) is 0.315. The Morgan fingerprint density at radius 3 is 2.29 bits per heavy atom. The van der Waals surface area contributed by atoms with Crippen molar-refractivity contribution in [2.45, 2.75) is 18.9 Å². The van der Waals surface area contributed by atoms with Gasteiger partial charge in [-0.05, 0) is 66.9 Å². The van der Waals surface area contributed by atoms with Crippen molar-refractivity contribution in [2.75, 3.05) is 39.8 Å². The average Bonchev–Trinajstić information content (AvgIpc) is 2.93. The third kappa shape index (κ3) is 6.67. The van der Waals surface area contributed by atoms with Crippen LogP contribution in [-0.2, 0) is 11.2 Å². The van der Waals surface area contributed by atoms with E-state index in [0.717, 1.165) is 38.0 Å². The molecule has 1 fully saturated rings. The number of carbonyl (C=O) groups is 2. The predicted molar refractivity (Wildman–Crippen MR) is 135 cm³/mol. The highest BCUT2D eigenvalue weighted by molar-refractivity contribution is 5.98. The van der Waals surface area contributed by atoms with Crippen molar-refractivity contribution in [3.63, 3.8) is 0 Å². The summed E-state index contributed by atoms with van der Waals surface area (Å²) >= 11 is 0. The lowest BCUT2D eigenvalue weighted by Gasteiger charge is -2.36. The summed E-state index contributed by atoms with van der Waals surface area (Å²) in [6.45, 7) is 3.96. The molecule has 1 aliphatic rings. The Bertz CT molecular complexity index is 1080. The van der Waals surface area contributed by atoms with Gasteiger partial charge < -0.3 is 15.0 Å². The molecule has 1 aliphatic heterocycles. The molecule has 1 saturated heterocycles. The molecule has 4 rings (SSSR count). The van der Waals surface area contributed by atoms with Crippen LogP contribution in [0.15, 0.2) is 79.1 Å². The number of amides is 2. The van der Waals surface area contributed by atoms with Crippen molar-refractivity contribution in [2.24, 2.45) is 0 Å². The fraction of sp³-hybridized carbons (Fsp3) is 0.321. The summed E-state index contributed by atoms with van der Waals surface area (Å²) in [4.78, 5) is 34.8. The minimum atomic E-state index is -0.732. The maximum atomic E-state index is 13.5. The molecule has 35 heavy (non-hydrogen) atoms. The number of pyridine rings is 1. The molecule has 1 atom stereocenters. The van der Waals surface area contributed by atoms with Crippen LogP contribution in [0.25, 0.3) is 0 Å². The summed E-state index contributed by atoms with van der Waals surface area (Å²) in [5, 5.41) is 2.96. The Labute approximate surface area is 206 Å². The molecule has 0 saturated carbocycles. The van der Waals surface area contributed by atoms with E-state index in [0.29, 0.717) is 24.4 Å². The topological polar surface area (TPSA) is 74.8 Å². The molecule has 2 aromatic carbocycles. The van der Waals surface area contributed by atoms with E-state index in [9.17, 15) is 9.59 Å². The molecule has 0 unspecified atom stereocenters. The lowest BCUT2D eigenvalue weighted by atomic mass is 10.0. The maximum Gasteiger partial charge on any atom is 0.252 e. The number of nitrogens with one attached hydrogen (secondary N) is 1. The maximum absolute atomic E-state index is 13.5. The fourth-order valence-corrected chi connectivity index (χ4v) is 4.32. The summed E-state index contributed by atoms with van der Waals surface area (Å²) in [6, 6.07) is 19.7. The highest BCUT2D eigenvalue weighted by Crippen LogP contribution is 2.19. The smallest absolute Gasteiger partial charge is 0.252 e. The second-order valence-electron chi connectivity index (χ2n) is 8.67. The van der Waals surface area contributed by atoms with Crippen molar-refractivity contribution in [1.82, 2.24) is 20.1 Å². The molecule has 0 spiro atoms. The van der Waals surface area contributed by atoms with Crippen LogP contribution in [0.3, 0.4) is 0 Å². The normalized spacial score (nSPS) is 14.8. The van der Waals surface area contributed by atoms with E-state index in [1.807, 2.05) is 47.6 Å². The van der Waals surface area contributed by atoms with Crippen LogP contribution < -0.4 is 10.1 Å². The van der Waals surface area contributed by atoms with E-state index < -0.39 is 6.04 Å². The molecule has 1 N–H and O–H groups in total. The lowest BCUT2D eigenvalue weighted by molar-refractivity contribution is -0.135. The molecule has 3 aromatic rings. The number of hydrogen-bond acceptors (Lipinski definition) is 5. The summed E-state index contributed by atoms with van der Waals surface area (Å²) in [5.41, 5.74) is 2.56. The summed E-state index contributed by atoms with van der Waals surface area (Å²) < 4.78 is 5.17. The fourth-order valence-electron chi connectivity index (χ4n) is 4.32. The SMILES string of the molecule is COc1ccc(C(=O)N[C@@H](C(=O)N2CCN(CCCc3ccncc3)CC2)c2ccccc2)cc1. The van der Waals surface area contributed by atoms with Crippen LogP contribution in [0.2, 0.25) is 0 Å². The van der Waals surface area contributed by atoms with Crippen LogP contribution in [0.5, 0.6) is 5.75 Å². The van der Waals surface area contributed by atoms with Gasteiger partial charge in [0.1, 0.15) is 11.8 Å². The van der Waals surface area contributed by atoms with Crippen LogP contribution >= 0.6 is 0 Å². The molecule has 2 amide bonds. The van der Waals surface area contributed by atoms with Crippen molar-refractivity contribution < 1.29 is 14.3 Å². The van der Waals surface area contributed by atoms with E-state index in [-0.39, 0.29) is 11.8 Å². The van der Waals surface area contributed by atoms with Gasteiger partial charge in [-0.3, -0.25) is 19.5 Å². The standard InChI is InChI=1S/C28H32N4O3/c1-35-25-11-9-24(10-12-25)27(33)30-26(23-7-3-2-4-8-23)28(34)32-20-18-31(19-21-32)17-5-6-22-13-15-29-16-14-22/h2-4,7-16,26H,5-6,17-21H2,1H3,(H,30,33)/t26-/m1/s1. The molecule has 7 heteroatoms. The molecule has 0 aliphatic carbocycles. The number of rotatable bonds is 9. The third-order valence-electron chi connectivity index (χ3n) is 6.38. The van der Waals surface area contributed by atoms with Gasteiger partial charge in [-0.15, -0.1) is 0 Å². The second-order valence-corrected chi connectivity index (χ2v) is 8.67. The van der Waals surface area contributed by atoms with Gasteiger partial charge in [-0.25, -0.2) is 0 Å². The number of benzene rings is 2. The van der Waals surface area contributed by atoms with Crippen LogP contribution in [0.1, 0.15) is 33.9 Å². The van der Waals surface area contributed by atoms with Crippen molar-refractivity contribution in [3.05, 3.63) is 95.8 Å². The van der Waals surface area contributed by atoms with Crippen LogP contribution in [-0.4, -0.2) is 66.4 Å². The third-order valence-corrected chi connectivity index (χ3v) is 6.38. The Kier molecular flexibility index (Phi) is 8.46. The minimum Gasteiger partial charge on any atom is -0.497 e. The number of aryl methyl sites for hydroxylation is 1. The number of methoxy groups -OCH3 is 1. The largest absolute Gasteiger partial charge is 0.497 e. The van der Waals surface area contributed by atoms with Crippen LogP contribution in [0, 0.1) is 0 Å². The highest BCUT2D eigenvalue weighted by atomic mass is 16.5. The minimum absolute atomic E-state index is 0.0745. The molecular weight excluding hydrogens is 440 g/mol. The van der Waals surface area contributed by atoms with Gasteiger partial charge in [-0.1, -0.05) is 30.3 Å². The van der Waals surface area contributed by atoms with Crippen molar-refractivity contribution >= 4 is 11.8 Å². The van der Waals surface area contributed by atoms with Gasteiger partial charge in [0.15, 0.2) is 0 Å². The Morgan fingerprint density at radius 1 is 0.943 bits per heavy atom. The van der Waals surface area contributed by atoms with E-state index in [4.69, 9.17) is 4.74 Å². The Balaban J connectivity index is 1.35. The zero-order chi connectivity index (χ0) is 24.5. The highest BCUT2D eigenvalue weighted by Gasteiger charge is 2.30. The second kappa shape index (κ2) is 12.1. The average molecular weight is 473 g/mol. The molecule has 0 radical (unpaired) electrons. The first-order valence-electron chi connectivity index (χ1n) is 12.0. The summed E-state index contributed by atoms with van der Waals surface area (Å²) in [7, 11) is 1.58. The Hall–Kier alpha value is -3.71. The first kappa shape index (κ1) is 24.4. The molecule has 0 bridgehead atoms. The summed E-state index contributed by atoms with van der Waals surface area (Å²) in [6.07, 6.45) is 5.75. The van der Waals surface area contributed by atoms with Crippen molar-refractivity contribution in [1.29, 1.82) is 0 Å². The zero-order valence-corrected chi connectivity index (χ0v) is 20.1. The molecule has 1 aromatic heterocycles. The van der Waals surface area contributed by atoms with Gasteiger partial charge in [0, 0.05) is 44.1 Å². The first-order chi connectivity index (χ1) is 17.1. The van der Waals surface area contributed by atoms with Gasteiger partial charge in [-0.2, -0.15) is 0 Å². The number of aromatic nitrogens is 1. The lowest BCUT2D eigenvalue weighted by Crippen LogP contribution is -2.52. The number of hydrogen-bond donors (Lipinski definition) is 1. The number of piperazine rings is 1. The van der Waals surface area contributed by atoms with E-state index in [1.54, 1.807) is 31.4 Å². The zero-order valence-electron chi connectivity index (χ0n) is 20.1.